The van der Waals surface area contributed by atoms with E-state index in [2.05, 4.69) is 5.32 Å². The molecule has 0 fully saturated rings. The van der Waals surface area contributed by atoms with Crippen molar-refractivity contribution in [3.63, 3.8) is 0 Å². The van der Waals surface area contributed by atoms with Gasteiger partial charge in [-0.25, -0.2) is 12.7 Å². The molecule has 0 aliphatic rings. The summed E-state index contributed by atoms with van der Waals surface area (Å²) < 4.78 is 25.4. The van der Waals surface area contributed by atoms with E-state index in [0.29, 0.717) is 18.5 Å². The molecule has 0 heterocycles. The van der Waals surface area contributed by atoms with E-state index in [1.54, 1.807) is 7.05 Å². The van der Waals surface area contributed by atoms with E-state index in [1.807, 2.05) is 34.6 Å². The Morgan fingerprint density at radius 3 is 2.00 bits per heavy atom. The summed E-state index contributed by atoms with van der Waals surface area (Å²) >= 11 is 0. The third-order valence-electron chi connectivity index (χ3n) is 2.89. The van der Waals surface area contributed by atoms with Crippen molar-refractivity contribution >= 4 is 10.0 Å². The summed E-state index contributed by atoms with van der Waals surface area (Å²) in [6, 6.07) is 0.368. The van der Waals surface area contributed by atoms with Crippen LogP contribution in [0.3, 0.4) is 0 Å². The fourth-order valence-corrected chi connectivity index (χ4v) is 2.71. The Kier molecular flexibility index (Phi) is 6.51. The molecule has 0 aromatic rings. The number of rotatable bonds is 7. The highest BCUT2D eigenvalue weighted by Gasteiger charge is 2.24. The van der Waals surface area contributed by atoms with E-state index in [4.69, 9.17) is 0 Å². The fraction of sp³-hybridized carbons (Fsp3) is 1.00. The molecule has 0 spiro atoms. The number of nitrogens with zero attached hydrogens (tertiary/aromatic N) is 1. The molecule has 98 valence electrons. The lowest BCUT2D eigenvalue weighted by molar-refractivity contribution is 0.315. The third kappa shape index (κ3) is 5.27. The molecule has 0 rings (SSSR count). The first-order valence-corrected chi connectivity index (χ1v) is 7.48. The molecule has 0 saturated carbocycles. The summed E-state index contributed by atoms with van der Waals surface area (Å²) in [6.45, 7) is 10.5. The molecule has 0 aromatic heterocycles. The second kappa shape index (κ2) is 6.57. The molecule has 4 nitrogen and oxygen atoms in total. The summed E-state index contributed by atoms with van der Waals surface area (Å²) in [5.74, 6) is 0.497. The van der Waals surface area contributed by atoms with Crippen molar-refractivity contribution in [2.24, 2.45) is 5.92 Å². The predicted octanol–water partition coefficient (Wildman–Crippen LogP) is 1.29. The molecule has 1 N–H and O–H groups in total. The van der Waals surface area contributed by atoms with Crippen LogP contribution in [0.2, 0.25) is 0 Å². The molecule has 0 aromatic carbocycles. The standard InChI is InChI=1S/C11H26N2O2S/c1-9(2)11(5)13(6)16(14,15)8-7-12-10(3)4/h9-12H,7-8H2,1-6H3. The van der Waals surface area contributed by atoms with Gasteiger partial charge >= 0.3 is 0 Å². The van der Waals surface area contributed by atoms with Crippen LogP contribution in [0.5, 0.6) is 0 Å². The van der Waals surface area contributed by atoms with E-state index in [1.165, 1.54) is 4.31 Å². The highest BCUT2D eigenvalue weighted by atomic mass is 32.2. The van der Waals surface area contributed by atoms with Crippen molar-refractivity contribution < 1.29 is 8.42 Å². The highest BCUT2D eigenvalue weighted by Crippen LogP contribution is 2.12. The summed E-state index contributed by atoms with van der Waals surface area (Å²) in [5.41, 5.74) is 0. The minimum atomic E-state index is -3.13. The maximum absolute atomic E-state index is 11.9. The van der Waals surface area contributed by atoms with E-state index >= 15 is 0 Å². The third-order valence-corrected chi connectivity index (χ3v) is 4.82. The normalized spacial score (nSPS) is 15.1. The minimum Gasteiger partial charge on any atom is -0.313 e. The number of nitrogens with one attached hydrogen (secondary N) is 1. The van der Waals surface area contributed by atoms with Crippen LogP contribution >= 0.6 is 0 Å². The molecule has 5 heteroatoms. The van der Waals surface area contributed by atoms with Crippen LogP contribution < -0.4 is 5.32 Å². The molecular formula is C11H26N2O2S. The van der Waals surface area contributed by atoms with Crippen LogP contribution in [0.15, 0.2) is 0 Å². The van der Waals surface area contributed by atoms with E-state index in [9.17, 15) is 8.42 Å². The molecular weight excluding hydrogens is 224 g/mol. The van der Waals surface area contributed by atoms with Gasteiger partial charge in [0.2, 0.25) is 10.0 Å². The fourth-order valence-electron chi connectivity index (χ4n) is 1.29. The maximum Gasteiger partial charge on any atom is 0.215 e. The Balaban J connectivity index is 4.32. The number of hydrogen-bond donors (Lipinski definition) is 1. The average Bonchev–Trinajstić information content (AvgIpc) is 2.14. The van der Waals surface area contributed by atoms with Gasteiger partial charge in [0.1, 0.15) is 0 Å². The van der Waals surface area contributed by atoms with Crippen LogP contribution in [0.25, 0.3) is 0 Å². The number of sulfonamides is 1. The second-order valence-corrected chi connectivity index (χ2v) is 7.07. The van der Waals surface area contributed by atoms with E-state index < -0.39 is 10.0 Å². The lowest BCUT2D eigenvalue weighted by Crippen LogP contribution is -2.42. The van der Waals surface area contributed by atoms with Crippen LogP contribution in [0.1, 0.15) is 34.6 Å². The van der Waals surface area contributed by atoms with Crippen molar-refractivity contribution in [2.45, 2.75) is 46.7 Å². The Labute approximate surface area is 100 Å². The van der Waals surface area contributed by atoms with Gasteiger partial charge in [-0.3, -0.25) is 0 Å². The first kappa shape index (κ1) is 15.9. The Morgan fingerprint density at radius 1 is 1.12 bits per heavy atom. The molecule has 1 atom stereocenters. The molecule has 1 unspecified atom stereocenters. The predicted molar refractivity (Wildman–Crippen MR) is 69.0 cm³/mol. The van der Waals surface area contributed by atoms with Gasteiger partial charge in [0.05, 0.1) is 5.75 Å². The molecule has 0 aliphatic carbocycles. The molecule has 0 saturated heterocycles. The molecule has 0 aliphatic heterocycles. The zero-order valence-electron chi connectivity index (χ0n) is 11.3. The van der Waals surface area contributed by atoms with Gasteiger partial charge in [-0.05, 0) is 12.8 Å². The first-order valence-electron chi connectivity index (χ1n) is 5.87. The van der Waals surface area contributed by atoms with Crippen LogP contribution in [0.4, 0.5) is 0 Å². The van der Waals surface area contributed by atoms with E-state index in [0.717, 1.165) is 0 Å². The van der Waals surface area contributed by atoms with Crippen molar-refractivity contribution in [3.8, 4) is 0 Å². The SMILES string of the molecule is CC(C)NCCS(=O)(=O)N(C)C(C)C(C)C. The van der Waals surface area contributed by atoms with E-state index in [-0.39, 0.29) is 11.8 Å². The smallest absolute Gasteiger partial charge is 0.215 e. The summed E-state index contributed by atoms with van der Waals surface area (Å²) in [7, 11) is -1.47. The Hall–Kier alpha value is -0.130. The van der Waals surface area contributed by atoms with Gasteiger partial charge in [-0.1, -0.05) is 27.7 Å². The summed E-state index contributed by atoms with van der Waals surface area (Å²) in [6.07, 6.45) is 0. The Morgan fingerprint density at radius 2 is 1.62 bits per heavy atom. The van der Waals surface area contributed by atoms with Gasteiger partial charge < -0.3 is 5.32 Å². The lowest BCUT2D eigenvalue weighted by Gasteiger charge is -2.27. The molecule has 0 amide bonds. The molecule has 16 heavy (non-hydrogen) atoms. The zero-order chi connectivity index (χ0) is 12.9. The van der Waals surface area contributed by atoms with Gasteiger partial charge in [0, 0.05) is 25.7 Å². The van der Waals surface area contributed by atoms with Gasteiger partial charge in [0.15, 0.2) is 0 Å². The topological polar surface area (TPSA) is 49.4 Å². The van der Waals surface area contributed by atoms with Gasteiger partial charge in [-0.2, -0.15) is 0 Å². The van der Waals surface area contributed by atoms with Crippen LogP contribution in [0, 0.1) is 5.92 Å². The minimum absolute atomic E-state index is 0.0454. The summed E-state index contributed by atoms with van der Waals surface area (Å²) in [4.78, 5) is 0. The van der Waals surface area contributed by atoms with Crippen molar-refractivity contribution in [3.05, 3.63) is 0 Å². The quantitative estimate of drug-likeness (QED) is 0.741. The zero-order valence-corrected chi connectivity index (χ0v) is 12.1. The number of hydrogen-bond acceptors (Lipinski definition) is 3. The highest BCUT2D eigenvalue weighted by molar-refractivity contribution is 7.89. The second-order valence-electron chi connectivity index (χ2n) is 4.93. The van der Waals surface area contributed by atoms with Crippen molar-refractivity contribution in [1.82, 2.24) is 9.62 Å². The summed E-state index contributed by atoms with van der Waals surface area (Å²) in [5, 5.41) is 3.12. The van der Waals surface area contributed by atoms with Gasteiger partial charge in [0.25, 0.3) is 0 Å². The average molecular weight is 250 g/mol. The van der Waals surface area contributed by atoms with Gasteiger partial charge in [-0.15, -0.1) is 0 Å². The lowest BCUT2D eigenvalue weighted by atomic mass is 10.1. The van der Waals surface area contributed by atoms with Crippen molar-refractivity contribution in [2.75, 3.05) is 19.3 Å². The monoisotopic (exact) mass is 250 g/mol. The first-order chi connectivity index (χ1) is 7.18. The Bertz CT molecular complexity index is 286. The molecule has 0 radical (unpaired) electrons. The largest absolute Gasteiger partial charge is 0.313 e. The molecule has 0 bridgehead atoms. The van der Waals surface area contributed by atoms with Crippen LogP contribution in [-0.4, -0.2) is 44.2 Å². The van der Waals surface area contributed by atoms with Crippen molar-refractivity contribution in [1.29, 1.82) is 0 Å². The maximum atomic E-state index is 11.9. The van der Waals surface area contributed by atoms with Crippen LogP contribution in [-0.2, 0) is 10.0 Å².